The number of rotatable bonds is 8. The number of carbonyl (C=O) groups excluding carboxylic acids is 1. The summed E-state index contributed by atoms with van der Waals surface area (Å²) in [4.78, 5) is 21.9. The van der Waals surface area contributed by atoms with Gasteiger partial charge in [0.15, 0.2) is 6.10 Å². The van der Waals surface area contributed by atoms with E-state index in [1.54, 1.807) is 6.92 Å². The molecule has 0 N–H and O–H groups in total. The first-order chi connectivity index (χ1) is 7.93. The summed E-state index contributed by atoms with van der Waals surface area (Å²) in [7, 11) is 0. The minimum atomic E-state index is -0.829. The van der Waals surface area contributed by atoms with Gasteiger partial charge in [0.2, 0.25) is 6.04 Å². The molecule has 0 saturated heterocycles. The number of nitro groups is 1. The summed E-state index contributed by atoms with van der Waals surface area (Å²) in [5.41, 5.74) is 0.268. The van der Waals surface area contributed by atoms with Crippen molar-refractivity contribution in [2.75, 3.05) is 0 Å². The van der Waals surface area contributed by atoms with Gasteiger partial charge in [-0.2, -0.15) is 0 Å². The van der Waals surface area contributed by atoms with Crippen LogP contribution in [0.1, 0.15) is 46.5 Å². The lowest BCUT2D eigenvalue weighted by Gasteiger charge is -2.20. The molecule has 0 aliphatic carbocycles. The molecule has 0 aliphatic heterocycles. The highest BCUT2D eigenvalue weighted by atomic mass is 16.6. The number of ether oxygens (including phenoxy) is 1. The highest BCUT2D eigenvalue weighted by molar-refractivity contribution is 5.87. The lowest BCUT2D eigenvalue weighted by molar-refractivity contribution is -0.534. The molecule has 2 unspecified atom stereocenters. The van der Waals surface area contributed by atoms with Crippen molar-refractivity contribution in [3.8, 4) is 0 Å². The molecule has 0 aliphatic rings. The summed E-state index contributed by atoms with van der Waals surface area (Å²) in [6.07, 6.45) is 1.94. The summed E-state index contributed by atoms with van der Waals surface area (Å²) in [6, 6.07) is -0.829. The Balaban J connectivity index is 4.66. The summed E-state index contributed by atoms with van der Waals surface area (Å²) in [6.45, 7) is 8.72. The third kappa shape index (κ3) is 5.47. The van der Waals surface area contributed by atoms with E-state index in [1.807, 2.05) is 6.92 Å². The van der Waals surface area contributed by atoms with Gasteiger partial charge in [-0.3, -0.25) is 10.1 Å². The first-order valence-corrected chi connectivity index (χ1v) is 5.93. The summed E-state index contributed by atoms with van der Waals surface area (Å²) in [5, 5.41) is 10.9. The Kier molecular flexibility index (Phi) is 7.18. The molecule has 0 radical (unpaired) electrons. The molecule has 0 bridgehead atoms. The van der Waals surface area contributed by atoms with Crippen molar-refractivity contribution in [3.05, 3.63) is 22.3 Å². The summed E-state index contributed by atoms with van der Waals surface area (Å²) in [5.74, 6) is -0.550. The van der Waals surface area contributed by atoms with Crippen LogP contribution < -0.4 is 0 Å². The molecule has 5 nitrogen and oxygen atoms in total. The average Bonchev–Trinajstić information content (AvgIpc) is 2.25. The van der Waals surface area contributed by atoms with Gasteiger partial charge in [-0.1, -0.05) is 26.8 Å². The van der Waals surface area contributed by atoms with Gasteiger partial charge in [0.05, 0.1) is 0 Å². The summed E-state index contributed by atoms with van der Waals surface area (Å²) >= 11 is 0. The second-order valence-corrected chi connectivity index (χ2v) is 4.13. The zero-order valence-corrected chi connectivity index (χ0v) is 10.8. The number of hydrogen-bond donors (Lipinski definition) is 0. The van der Waals surface area contributed by atoms with E-state index in [2.05, 4.69) is 6.58 Å². The predicted octanol–water partition coefficient (Wildman–Crippen LogP) is 2.72. The SMILES string of the molecule is C=C(C)C(=O)OC(CCCC)C(CC)[N+](=O)[O-]. The van der Waals surface area contributed by atoms with E-state index >= 15 is 0 Å². The second-order valence-electron chi connectivity index (χ2n) is 4.13. The normalized spacial score (nSPS) is 13.8. The Morgan fingerprint density at radius 2 is 2.06 bits per heavy atom. The molecular formula is C12H21NO4. The monoisotopic (exact) mass is 243 g/mol. The van der Waals surface area contributed by atoms with Gasteiger partial charge < -0.3 is 4.74 Å². The van der Waals surface area contributed by atoms with Crippen molar-refractivity contribution < 1.29 is 14.5 Å². The van der Waals surface area contributed by atoms with E-state index in [4.69, 9.17) is 4.74 Å². The van der Waals surface area contributed by atoms with Crippen molar-refractivity contribution in [3.63, 3.8) is 0 Å². The van der Waals surface area contributed by atoms with Gasteiger partial charge in [-0.25, -0.2) is 4.79 Å². The number of nitrogens with zero attached hydrogens (tertiary/aromatic N) is 1. The van der Waals surface area contributed by atoms with Crippen LogP contribution in [-0.4, -0.2) is 23.0 Å². The zero-order valence-electron chi connectivity index (χ0n) is 10.8. The van der Waals surface area contributed by atoms with E-state index in [0.29, 0.717) is 12.8 Å². The van der Waals surface area contributed by atoms with E-state index < -0.39 is 18.1 Å². The molecular weight excluding hydrogens is 222 g/mol. The fourth-order valence-corrected chi connectivity index (χ4v) is 1.52. The molecule has 5 heteroatoms. The Hall–Kier alpha value is -1.39. The maximum Gasteiger partial charge on any atom is 0.333 e. The smallest absolute Gasteiger partial charge is 0.333 e. The Bertz CT molecular complexity index is 288. The Morgan fingerprint density at radius 3 is 2.41 bits per heavy atom. The molecule has 0 amide bonds. The fraction of sp³-hybridized carbons (Fsp3) is 0.750. The highest BCUT2D eigenvalue weighted by Gasteiger charge is 2.32. The number of hydrogen-bond acceptors (Lipinski definition) is 4. The first kappa shape index (κ1) is 15.6. The first-order valence-electron chi connectivity index (χ1n) is 5.93. The van der Waals surface area contributed by atoms with Crippen molar-refractivity contribution in [1.29, 1.82) is 0 Å². The van der Waals surface area contributed by atoms with Crippen molar-refractivity contribution in [2.24, 2.45) is 0 Å². The predicted molar refractivity (Wildman–Crippen MR) is 65.3 cm³/mol. The molecule has 0 saturated carbocycles. The highest BCUT2D eigenvalue weighted by Crippen LogP contribution is 2.16. The van der Waals surface area contributed by atoms with Crippen LogP contribution in [0.2, 0.25) is 0 Å². The van der Waals surface area contributed by atoms with Gasteiger partial charge in [0, 0.05) is 16.9 Å². The van der Waals surface area contributed by atoms with E-state index in [0.717, 1.165) is 12.8 Å². The van der Waals surface area contributed by atoms with Gasteiger partial charge in [-0.15, -0.1) is 0 Å². The molecule has 0 heterocycles. The quantitative estimate of drug-likeness (QED) is 0.284. The standard InChI is InChI=1S/C12H21NO4/c1-5-7-8-11(10(6-2)13(15)16)17-12(14)9(3)4/h10-11H,3,5-8H2,1-2,4H3. The van der Waals surface area contributed by atoms with Gasteiger partial charge in [0.1, 0.15) is 0 Å². The third-order valence-electron chi connectivity index (χ3n) is 2.57. The number of carbonyl (C=O) groups is 1. The summed E-state index contributed by atoms with van der Waals surface area (Å²) < 4.78 is 5.15. The van der Waals surface area contributed by atoms with Crippen LogP contribution in [0.4, 0.5) is 0 Å². The second kappa shape index (κ2) is 7.81. The Morgan fingerprint density at radius 1 is 1.47 bits per heavy atom. The largest absolute Gasteiger partial charge is 0.452 e. The molecule has 0 aromatic rings. The van der Waals surface area contributed by atoms with Gasteiger partial charge >= 0.3 is 5.97 Å². The molecule has 0 aromatic heterocycles. The molecule has 17 heavy (non-hydrogen) atoms. The molecule has 0 rings (SSSR count). The van der Waals surface area contributed by atoms with Crippen LogP contribution in [0, 0.1) is 10.1 Å². The molecule has 0 aromatic carbocycles. The average molecular weight is 243 g/mol. The van der Waals surface area contributed by atoms with Crippen LogP contribution in [0.25, 0.3) is 0 Å². The molecule has 98 valence electrons. The molecule has 0 fully saturated rings. The van der Waals surface area contributed by atoms with Crippen LogP contribution in [-0.2, 0) is 9.53 Å². The maximum absolute atomic E-state index is 11.4. The lowest BCUT2D eigenvalue weighted by Crippen LogP contribution is -2.37. The molecule has 0 spiro atoms. The van der Waals surface area contributed by atoms with Crippen LogP contribution >= 0.6 is 0 Å². The zero-order chi connectivity index (χ0) is 13.4. The number of esters is 1. The number of unbranched alkanes of at least 4 members (excludes halogenated alkanes) is 1. The van der Waals surface area contributed by atoms with Crippen molar-refractivity contribution in [1.82, 2.24) is 0 Å². The van der Waals surface area contributed by atoms with Crippen LogP contribution in [0.15, 0.2) is 12.2 Å². The topological polar surface area (TPSA) is 69.4 Å². The maximum atomic E-state index is 11.4. The van der Waals surface area contributed by atoms with E-state index in [-0.39, 0.29) is 10.5 Å². The van der Waals surface area contributed by atoms with Gasteiger partial charge in [0.25, 0.3) is 0 Å². The van der Waals surface area contributed by atoms with E-state index in [9.17, 15) is 14.9 Å². The minimum absolute atomic E-state index is 0.268. The Labute approximate surface area is 102 Å². The third-order valence-corrected chi connectivity index (χ3v) is 2.57. The van der Waals surface area contributed by atoms with Crippen molar-refractivity contribution in [2.45, 2.75) is 58.6 Å². The van der Waals surface area contributed by atoms with Crippen LogP contribution in [0.5, 0.6) is 0 Å². The van der Waals surface area contributed by atoms with Crippen LogP contribution in [0.3, 0.4) is 0 Å². The van der Waals surface area contributed by atoms with E-state index in [1.165, 1.54) is 6.92 Å². The molecule has 2 atom stereocenters. The minimum Gasteiger partial charge on any atom is -0.452 e. The fourth-order valence-electron chi connectivity index (χ4n) is 1.52. The lowest BCUT2D eigenvalue weighted by atomic mass is 10.0. The van der Waals surface area contributed by atoms with Gasteiger partial charge in [-0.05, 0) is 19.8 Å². The van der Waals surface area contributed by atoms with Crippen molar-refractivity contribution >= 4 is 5.97 Å².